The molecule has 3 nitrogen and oxygen atoms in total. The van der Waals surface area contributed by atoms with Gasteiger partial charge in [-0.2, -0.15) is 0 Å². The van der Waals surface area contributed by atoms with Crippen molar-refractivity contribution in [1.82, 2.24) is 9.55 Å². The molecule has 1 saturated carbocycles. The lowest BCUT2D eigenvalue weighted by Gasteiger charge is -2.08. The molecule has 1 aromatic carbocycles. The molecule has 17 heavy (non-hydrogen) atoms. The Bertz CT molecular complexity index is 497. The number of anilines is 1. The SMILES string of the molecule is Cc1cn(Cc2ccccc2)c(NC2CC2)n1. The van der Waals surface area contributed by atoms with Gasteiger partial charge in [-0.25, -0.2) is 4.98 Å². The molecule has 1 N–H and O–H groups in total. The molecule has 1 aromatic heterocycles. The van der Waals surface area contributed by atoms with Gasteiger partial charge >= 0.3 is 0 Å². The van der Waals surface area contributed by atoms with Gasteiger partial charge in [-0.15, -0.1) is 0 Å². The van der Waals surface area contributed by atoms with E-state index < -0.39 is 0 Å². The van der Waals surface area contributed by atoms with E-state index in [-0.39, 0.29) is 0 Å². The lowest BCUT2D eigenvalue weighted by Crippen LogP contribution is -2.09. The predicted molar refractivity (Wildman–Crippen MR) is 69.2 cm³/mol. The van der Waals surface area contributed by atoms with Gasteiger partial charge in [0.15, 0.2) is 0 Å². The molecule has 1 fully saturated rings. The zero-order chi connectivity index (χ0) is 11.7. The number of nitrogens with one attached hydrogen (secondary N) is 1. The van der Waals surface area contributed by atoms with Crippen molar-refractivity contribution in [1.29, 1.82) is 0 Å². The van der Waals surface area contributed by atoms with Crippen molar-refractivity contribution in [2.75, 3.05) is 5.32 Å². The predicted octanol–water partition coefficient (Wildman–Crippen LogP) is 2.81. The second-order valence-corrected chi connectivity index (χ2v) is 4.74. The molecule has 88 valence electrons. The molecule has 1 heterocycles. The third-order valence-electron chi connectivity index (χ3n) is 3.00. The first-order valence-electron chi connectivity index (χ1n) is 6.15. The standard InChI is InChI=1S/C14H17N3/c1-11-9-17(10-12-5-3-2-4-6-12)14(15-11)16-13-7-8-13/h2-6,9,13H,7-8,10H2,1H3,(H,15,16). The summed E-state index contributed by atoms with van der Waals surface area (Å²) >= 11 is 0. The van der Waals surface area contributed by atoms with E-state index in [1.165, 1.54) is 18.4 Å². The van der Waals surface area contributed by atoms with Crippen molar-refractivity contribution < 1.29 is 0 Å². The van der Waals surface area contributed by atoms with Crippen LogP contribution >= 0.6 is 0 Å². The van der Waals surface area contributed by atoms with Crippen LogP contribution in [0.1, 0.15) is 24.1 Å². The molecule has 0 amide bonds. The lowest BCUT2D eigenvalue weighted by molar-refractivity contribution is 0.796. The second-order valence-electron chi connectivity index (χ2n) is 4.74. The van der Waals surface area contributed by atoms with Crippen LogP contribution in [0.25, 0.3) is 0 Å². The molecule has 0 saturated heterocycles. The minimum absolute atomic E-state index is 0.645. The van der Waals surface area contributed by atoms with Gasteiger partial charge in [0, 0.05) is 12.2 Å². The first kappa shape index (κ1) is 10.4. The van der Waals surface area contributed by atoms with E-state index in [0.29, 0.717) is 6.04 Å². The summed E-state index contributed by atoms with van der Waals surface area (Å²) in [5, 5.41) is 3.48. The molecule has 1 aliphatic carbocycles. The van der Waals surface area contributed by atoms with E-state index in [2.05, 4.69) is 45.3 Å². The fourth-order valence-electron chi connectivity index (χ4n) is 1.97. The molecule has 0 unspecified atom stereocenters. The summed E-state index contributed by atoms with van der Waals surface area (Å²) in [6, 6.07) is 11.1. The normalized spacial score (nSPS) is 14.9. The molecular weight excluding hydrogens is 210 g/mol. The highest BCUT2D eigenvalue weighted by atomic mass is 15.2. The minimum atomic E-state index is 0.645. The van der Waals surface area contributed by atoms with Crippen LogP contribution in [-0.4, -0.2) is 15.6 Å². The molecule has 0 atom stereocenters. The molecule has 3 heteroatoms. The highest BCUT2D eigenvalue weighted by Crippen LogP contribution is 2.24. The van der Waals surface area contributed by atoms with E-state index in [1.54, 1.807) is 0 Å². The van der Waals surface area contributed by atoms with E-state index in [1.807, 2.05) is 13.0 Å². The summed E-state index contributed by atoms with van der Waals surface area (Å²) < 4.78 is 2.20. The zero-order valence-electron chi connectivity index (χ0n) is 10.1. The highest BCUT2D eigenvalue weighted by molar-refractivity contribution is 5.33. The highest BCUT2D eigenvalue weighted by Gasteiger charge is 2.22. The summed E-state index contributed by atoms with van der Waals surface area (Å²) in [6.07, 6.45) is 4.66. The van der Waals surface area contributed by atoms with Crippen LogP contribution in [0.2, 0.25) is 0 Å². The number of benzene rings is 1. The Balaban J connectivity index is 1.81. The molecule has 1 aliphatic rings. The van der Waals surface area contributed by atoms with Gasteiger partial charge < -0.3 is 9.88 Å². The average Bonchev–Trinajstić information content (AvgIpc) is 3.06. The number of hydrogen-bond acceptors (Lipinski definition) is 2. The Kier molecular flexibility index (Phi) is 2.59. The van der Waals surface area contributed by atoms with Crippen molar-refractivity contribution in [3.63, 3.8) is 0 Å². The average molecular weight is 227 g/mol. The number of nitrogens with zero attached hydrogens (tertiary/aromatic N) is 2. The van der Waals surface area contributed by atoms with Crippen molar-refractivity contribution in [2.45, 2.75) is 32.4 Å². The summed E-state index contributed by atoms with van der Waals surface area (Å²) in [5.41, 5.74) is 2.38. The maximum atomic E-state index is 4.54. The van der Waals surface area contributed by atoms with Crippen LogP contribution in [0, 0.1) is 6.92 Å². The van der Waals surface area contributed by atoms with E-state index in [9.17, 15) is 0 Å². The van der Waals surface area contributed by atoms with E-state index in [4.69, 9.17) is 0 Å². The van der Waals surface area contributed by atoms with Crippen molar-refractivity contribution >= 4 is 5.95 Å². The third kappa shape index (κ3) is 2.49. The maximum Gasteiger partial charge on any atom is 0.203 e. The Morgan fingerprint density at radius 3 is 2.76 bits per heavy atom. The monoisotopic (exact) mass is 227 g/mol. The van der Waals surface area contributed by atoms with Gasteiger partial charge in [0.25, 0.3) is 0 Å². The Labute approximate surface area is 101 Å². The first-order chi connectivity index (χ1) is 8.31. The summed E-state index contributed by atoms with van der Waals surface area (Å²) in [5.74, 6) is 1.01. The quantitative estimate of drug-likeness (QED) is 0.870. The number of imidazole rings is 1. The zero-order valence-corrected chi connectivity index (χ0v) is 10.1. The third-order valence-corrected chi connectivity index (χ3v) is 3.00. The largest absolute Gasteiger partial charge is 0.353 e. The van der Waals surface area contributed by atoms with E-state index >= 15 is 0 Å². The molecular formula is C14H17N3. The molecule has 0 aliphatic heterocycles. The van der Waals surface area contributed by atoms with Crippen LogP contribution in [0.15, 0.2) is 36.5 Å². The van der Waals surface area contributed by atoms with Crippen LogP contribution in [-0.2, 0) is 6.54 Å². The summed E-state index contributed by atoms with van der Waals surface area (Å²) in [4.78, 5) is 4.54. The topological polar surface area (TPSA) is 29.9 Å². The smallest absolute Gasteiger partial charge is 0.203 e. The molecule has 0 spiro atoms. The van der Waals surface area contributed by atoms with Crippen molar-refractivity contribution in [3.05, 3.63) is 47.8 Å². The van der Waals surface area contributed by atoms with Crippen LogP contribution in [0.3, 0.4) is 0 Å². The maximum absolute atomic E-state index is 4.54. The van der Waals surface area contributed by atoms with Crippen LogP contribution < -0.4 is 5.32 Å². The van der Waals surface area contributed by atoms with Crippen LogP contribution in [0.5, 0.6) is 0 Å². The molecule has 2 aromatic rings. The molecule has 0 radical (unpaired) electrons. The van der Waals surface area contributed by atoms with Crippen molar-refractivity contribution in [2.24, 2.45) is 0 Å². The van der Waals surface area contributed by atoms with Gasteiger partial charge in [-0.1, -0.05) is 30.3 Å². The number of rotatable bonds is 4. The first-order valence-corrected chi connectivity index (χ1v) is 6.15. The summed E-state index contributed by atoms with van der Waals surface area (Å²) in [7, 11) is 0. The van der Waals surface area contributed by atoms with Gasteiger partial charge in [-0.3, -0.25) is 0 Å². The Hall–Kier alpha value is -1.77. The number of hydrogen-bond donors (Lipinski definition) is 1. The lowest BCUT2D eigenvalue weighted by atomic mass is 10.2. The van der Waals surface area contributed by atoms with Gasteiger partial charge in [0.05, 0.1) is 12.2 Å². The molecule has 0 bridgehead atoms. The number of aryl methyl sites for hydroxylation is 1. The minimum Gasteiger partial charge on any atom is -0.353 e. The molecule has 3 rings (SSSR count). The Morgan fingerprint density at radius 1 is 1.29 bits per heavy atom. The van der Waals surface area contributed by atoms with Gasteiger partial charge in [-0.05, 0) is 25.3 Å². The Morgan fingerprint density at radius 2 is 2.06 bits per heavy atom. The van der Waals surface area contributed by atoms with Gasteiger partial charge in [0.2, 0.25) is 5.95 Å². The fraction of sp³-hybridized carbons (Fsp3) is 0.357. The second kappa shape index (κ2) is 4.24. The fourth-order valence-corrected chi connectivity index (χ4v) is 1.97. The van der Waals surface area contributed by atoms with Gasteiger partial charge in [0.1, 0.15) is 0 Å². The number of aromatic nitrogens is 2. The van der Waals surface area contributed by atoms with Crippen molar-refractivity contribution in [3.8, 4) is 0 Å². The van der Waals surface area contributed by atoms with E-state index in [0.717, 1.165) is 18.2 Å². The summed E-state index contributed by atoms with van der Waals surface area (Å²) in [6.45, 7) is 2.93. The van der Waals surface area contributed by atoms with Crippen LogP contribution in [0.4, 0.5) is 5.95 Å².